The van der Waals surface area contributed by atoms with Crippen LogP contribution < -0.4 is 4.74 Å². The minimum atomic E-state index is -0.543. The molecule has 194 valence electrons. The maximum Gasteiger partial charge on any atom is 0.342 e. The zero-order valence-electron chi connectivity index (χ0n) is 21.7. The summed E-state index contributed by atoms with van der Waals surface area (Å²) in [6.07, 6.45) is 1.26. The molecule has 0 spiro atoms. The van der Waals surface area contributed by atoms with Crippen LogP contribution >= 0.6 is 0 Å². The Morgan fingerprint density at radius 3 is 2.50 bits per heavy atom. The van der Waals surface area contributed by atoms with Crippen LogP contribution in [0.4, 0.5) is 0 Å². The van der Waals surface area contributed by atoms with E-state index in [0.717, 1.165) is 32.8 Å². The quantitative estimate of drug-likeness (QED) is 0.537. The molecule has 2 aliphatic heterocycles. The third-order valence-corrected chi connectivity index (χ3v) is 6.28. The van der Waals surface area contributed by atoms with E-state index in [4.69, 9.17) is 14.2 Å². The van der Waals surface area contributed by atoms with Gasteiger partial charge in [0.15, 0.2) is 0 Å². The highest BCUT2D eigenvalue weighted by Crippen LogP contribution is 2.34. The first-order valence-electron chi connectivity index (χ1n) is 12.3. The van der Waals surface area contributed by atoms with Gasteiger partial charge in [0.25, 0.3) is 5.91 Å². The predicted octanol–water partition coefficient (Wildman–Crippen LogP) is 2.25. The number of benzene rings is 1. The highest BCUT2D eigenvalue weighted by atomic mass is 16.5. The van der Waals surface area contributed by atoms with E-state index in [0.29, 0.717) is 35.9 Å². The molecule has 10 nitrogen and oxygen atoms in total. The maximum atomic E-state index is 13.5. The van der Waals surface area contributed by atoms with Gasteiger partial charge in [0, 0.05) is 50.4 Å². The molecule has 3 heterocycles. The third-order valence-electron chi connectivity index (χ3n) is 6.28. The molecule has 2 aliphatic rings. The average molecular weight is 498 g/mol. The van der Waals surface area contributed by atoms with E-state index in [1.54, 1.807) is 60.9 Å². The Hall–Kier alpha value is -3.24. The van der Waals surface area contributed by atoms with Gasteiger partial charge in [-0.1, -0.05) is 19.1 Å². The second kappa shape index (κ2) is 10.8. The van der Waals surface area contributed by atoms with Gasteiger partial charge in [-0.25, -0.2) is 9.48 Å². The maximum absolute atomic E-state index is 13.5. The molecule has 0 bridgehead atoms. The summed E-state index contributed by atoms with van der Waals surface area (Å²) >= 11 is 0. The molecule has 1 amide bonds. The minimum Gasteiger partial charge on any atom is -0.492 e. The van der Waals surface area contributed by atoms with Gasteiger partial charge in [0.05, 0.1) is 25.0 Å². The number of morpholine rings is 1. The number of carbonyl (C=O) groups is 2. The summed E-state index contributed by atoms with van der Waals surface area (Å²) in [5, 5.41) is 8.45. The van der Waals surface area contributed by atoms with Crippen LogP contribution in [-0.4, -0.2) is 88.8 Å². The third kappa shape index (κ3) is 5.76. The Kier molecular flexibility index (Phi) is 7.75. The summed E-state index contributed by atoms with van der Waals surface area (Å²) in [6, 6.07) is 7.09. The van der Waals surface area contributed by atoms with E-state index in [1.165, 1.54) is 0 Å². The molecule has 10 heteroatoms. The number of hydrogen-bond acceptors (Lipinski definition) is 8. The van der Waals surface area contributed by atoms with Crippen molar-refractivity contribution in [1.82, 2.24) is 24.8 Å². The fourth-order valence-corrected chi connectivity index (χ4v) is 4.41. The second-order valence-corrected chi connectivity index (χ2v) is 10.1. The number of aromatic nitrogens is 3. The number of hydrogen-bond donors (Lipinski definition) is 0. The monoisotopic (exact) mass is 497 g/mol. The minimum absolute atomic E-state index is 0.224. The van der Waals surface area contributed by atoms with Crippen LogP contribution in [-0.2, 0) is 26.7 Å². The molecule has 2 aromatic rings. The van der Waals surface area contributed by atoms with E-state index >= 15 is 0 Å². The Bertz CT molecular complexity index is 1120. The van der Waals surface area contributed by atoms with Crippen LogP contribution in [0.1, 0.15) is 49.4 Å². The molecule has 0 saturated carbocycles. The van der Waals surface area contributed by atoms with E-state index in [9.17, 15) is 9.59 Å². The van der Waals surface area contributed by atoms with Crippen molar-refractivity contribution < 1.29 is 23.8 Å². The van der Waals surface area contributed by atoms with E-state index in [-0.39, 0.29) is 17.6 Å². The first kappa shape index (κ1) is 25.8. The van der Waals surface area contributed by atoms with Gasteiger partial charge in [0.1, 0.15) is 23.6 Å². The van der Waals surface area contributed by atoms with Crippen molar-refractivity contribution in [2.75, 3.05) is 46.0 Å². The van der Waals surface area contributed by atoms with E-state index in [2.05, 4.69) is 15.2 Å². The van der Waals surface area contributed by atoms with Gasteiger partial charge in [0.2, 0.25) is 0 Å². The van der Waals surface area contributed by atoms with Gasteiger partial charge in [-0.2, -0.15) is 0 Å². The Morgan fingerprint density at radius 2 is 1.83 bits per heavy atom. The van der Waals surface area contributed by atoms with Gasteiger partial charge >= 0.3 is 5.97 Å². The number of ether oxygens (including phenoxy) is 3. The van der Waals surface area contributed by atoms with Crippen molar-refractivity contribution in [2.24, 2.45) is 7.05 Å². The number of amides is 1. The molecule has 1 aromatic heterocycles. The highest BCUT2D eigenvalue weighted by Gasteiger charge is 2.38. The molecular weight excluding hydrogens is 462 g/mol. The number of fused-ring (bicyclic) bond motifs is 1. The molecule has 0 radical (unpaired) electrons. The molecule has 1 saturated heterocycles. The predicted molar refractivity (Wildman–Crippen MR) is 133 cm³/mol. The Morgan fingerprint density at radius 1 is 1.14 bits per heavy atom. The summed E-state index contributed by atoms with van der Waals surface area (Å²) in [4.78, 5) is 30.4. The fraction of sp³-hybridized carbons (Fsp3) is 0.538. The normalized spacial score (nSPS) is 17.8. The van der Waals surface area contributed by atoms with Gasteiger partial charge in [-0.3, -0.25) is 9.69 Å². The molecular formula is C26H35N5O5. The average Bonchev–Trinajstić information content (AvgIpc) is 3.18. The summed E-state index contributed by atoms with van der Waals surface area (Å²) in [5.41, 5.74) is 1.42. The van der Waals surface area contributed by atoms with Crippen molar-refractivity contribution in [3.8, 4) is 5.75 Å². The first-order chi connectivity index (χ1) is 17.2. The lowest BCUT2D eigenvalue weighted by molar-refractivity contribution is -0.140. The largest absolute Gasteiger partial charge is 0.492 e. The van der Waals surface area contributed by atoms with Crippen molar-refractivity contribution in [3.05, 3.63) is 47.4 Å². The van der Waals surface area contributed by atoms with Crippen LogP contribution in [0.25, 0.3) is 5.57 Å². The summed E-state index contributed by atoms with van der Waals surface area (Å²) in [7, 11) is 1.73. The molecule has 0 N–H and O–H groups in total. The molecule has 36 heavy (non-hydrogen) atoms. The van der Waals surface area contributed by atoms with Gasteiger partial charge < -0.3 is 19.1 Å². The number of nitrogens with zero attached hydrogens (tertiary/aromatic N) is 5. The van der Waals surface area contributed by atoms with Crippen LogP contribution in [0.15, 0.2) is 30.5 Å². The second-order valence-electron chi connectivity index (χ2n) is 10.1. The lowest BCUT2D eigenvalue weighted by Crippen LogP contribution is -2.38. The zero-order chi connectivity index (χ0) is 25.9. The summed E-state index contributed by atoms with van der Waals surface area (Å²) in [5.74, 6) is -0.0369. The smallest absolute Gasteiger partial charge is 0.342 e. The Balaban J connectivity index is 1.52. The van der Waals surface area contributed by atoms with Crippen LogP contribution in [0.5, 0.6) is 5.75 Å². The fourth-order valence-electron chi connectivity index (χ4n) is 4.41. The molecule has 0 aliphatic carbocycles. The topological polar surface area (TPSA) is 99.0 Å². The van der Waals surface area contributed by atoms with Crippen molar-refractivity contribution in [1.29, 1.82) is 0 Å². The number of aryl methyl sites for hydroxylation is 1. The van der Waals surface area contributed by atoms with Crippen LogP contribution in [0.2, 0.25) is 0 Å². The summed E-state index contributed by atoms with van der Waals surface area (Å²) < 4.78 is 18.3. The van der Waals surface area contributed by atoms with Crippen LogP contribution in [0, 0.1) is 0 Å². The van der Waals surface area contributed by atoms with Gasteiger partial charge in [-0.15, -0.1) is 5.10 Å². The van der Waals surface area contributed by atoms with Crippen molar-refractivity contribution >= 4 is 17.4 Å². The number of esters is 1. The van der Waals surface area contributed by atoms with E-state index < -0.39 is 11.4 Å². The molecule has 4 rings (SSSR count). The van der Waals surface area contributed by atoms with Crippen molar-refractivity contribution in [2.45, 2.75) is 39.2 Å². The molecule has 0 atom stereocenters. The van der Waals surface area contributed by atoms with E-state index in [1.807, 2.05) is 13.8 Å². The number of rotatable bonds is 7. The first-order valence-corrected chi connectivity index (χ1v) is 12.3. The Labute approximate surface area is 211 Å². The lowest BCUT2D eigenvalue weighted by atomic mass is 9.87. The van der Waals surface area contributed by atoms with Crippen molar-refractivity contribution in [3.63, 3.8) is 0 Å². The molecule has 1 aromatic carbocycles. The summed E-state index contributed by atoms with van der Waals surface area (Å²) in [6.45, 7) is 12.6. The number of carbonyl (C=O) groups excluding carboxylic acids is 2. The van der Waals surface area contributed by atoms with Gasteiger partial charge in [-0.05, 0) is 38.1 Å². The molecule has 0 unspecified atom stereocenters. The highest BCUT2D eigenvalue weighted by molar-refractivity contribution is 6.17. The standard InChI is InChI=1S/C26H35N5O5/c1-18(2)36-25(33)21-16-31(17-26(3,4)23-22(21)29(5)28-27-23)24(32)19-6-8-20(9-7-19)35-15-12-30-10-13-34-14-11-30/h6-9,16,18H,10-15,17H2,1-5H3. The zero-order valence-corrected chi connectivity index (χ0v) is 21.7. The lowest BCUT2D eigenvalue weighted by Gasteiger charge is -2.28. The molecule has 1 fully saturated rings. The van der Waals surface area contributed by atoms with Crippen LogP contribution in [0.3, 0.4) is 0 Å². The SMILES string of the molecule is CC(C)OC(=O)C1=CN(C(=O)c2ccc(OCCN3CCOCC3)cc2)CC(C)(C)c2nnn(C)c21.